The number of hydrogen-bond donors (Lipinski definition) is 1. The quantitative estimate of drug-likeness (QED) is 0.743. The lowest BCUT2D eigenvalue weighted by Crippen LogP contribution is -2.02. The van der Waals surface area contributed by atoms with Gasteiger partial charge in [0.05, 0.1) is 6.54 Å². The molecule has 0 bridgehead atoms. The Hall–Kier alpha value is -1.98. The molecule has 0 saturated carbocycles. The summed E-state index contributed by atoms with van der Waals surface area (Å²) in [5.74, 6) is 1.50. The smallest absolute Gasteiger partial charge is 0.179 e. The standard InChI is InChI=1S/C9H11N5O/c1-6(15)8-3-14(7(2)12-8)4-9-10-5-11-13-9/h3,5H,4H2,1-2H3,(H,10,11,13). The van der Waals surface area contributed by atoms with Crippen LogP contribution in [0.2, 0.25) is 0 Å². The highest BCUT2D eigenvalue weighted by Gasteiger charge is 2.08. The van der Waals surface area contributed by atoms with Gasteiger partial charge < -0.3 is 4.57 Å². The molecule has 2 rings (SSSR count). The van der Waals surface area contributed by atoms with E-state index in [9.17, 15) is 4.79 Å². The van der Waals surface area contributed by atoms with Crippen molar-refractivity contribution in [2.75, 3.05) is 0 Å². The molecule has 0 radical (unpaired) electrons. The summed E-state index contributed by atoms with van der Waals surface area (Å²) >= 11 is 0. The molecule has 0 amide bonds. The zero-order chi connectivity index (χ0) is 10.8. The molecule has 0 aliphatic heterocycles. The summed E-state index contributed by atoms with van der Waals surface area (Å²) in [4.78, 5) is 19.3. The molecule has 0 unspecified atom stereocenters. The van der Waals surface area contributed by atoms with E-state index in [1.807, 2.05) is 11.5 Å². The molecule has 0 fully saturated rings. The number of aromatic nitrogens is 5. The SMILES string of the molecule is CC(=O)c1cn(Cc2ncn[nH]2)c(C)n1. The summed E-state index contributed by atoms with van der Waals surface area (Å²) in [5.41, 5.74) is 0.479. The van der Waals surface area contributed by atoms with Gasteiger partial charge in [0.1, 0.15) is 23.7 Å². The molecule has 2 heterocycles. The molecule has 78 valence electrons. The predicted octanol–water partition coefficient (Wildman–Crippen LogP) is 0.561. The van der Waals surface area contributed by atoms with Crippen molar-refractivity contribution < 1.29 is 4.79 Å². The molecule has 2 aromatic rings. The number of Topliss-reactive ketones (excluding diaryl/α,β-unsaturated/α-hetero) is 1. The van der Waals surface area contributed by atoms with Crippen LogP contribution in [0.25, 0.3) is 0 Å². The lowest BCUT2D eigenvalue weighted by molar-refractivity contribution is 0.101. The molecule has 6 heteroatoms. The van der Waals surface area contributed by atoms with Crippen molar-refractivity contribution in [3.63, 3.8) is 0 Å². The number of aromatic amines is 1. The van der Waals surface area contributed by atoms with Gasteiger partial charge in [-0.1, -0.05) is 0 Å². The Labute approximate surface area is 86.4 Å². The predicted molar refractivity (Wildman–Crippen MR) is 52.5 cm³/mol. The Morgan fingerprint density at radius 3 is 2.93 bits per heavy atom. The molecular formula is C9H11N5O. The lowest BCUT2D eigenvalue weighted by Gasteiger charge is -1.99. The van der Waals surface area contributed by atoms with Gasteiger partial charge in [-0.3, -0.25) is 9.89 Å². The van der Waals surface area contributed by atoms with Crippen molar-refractivity contribution >= 4 is 5.78 Å². The van der Waals surface area contributed by atoms with Crippen LogP contribution in [0.5, 0.6) is 0 Å². The molecule has 15 heavy (non-hydrogen) atoms. The van der Waals surface area contributed by atoms with Gasteiger partial charge >= 0.3 is 0 Å². The van der Waals surface area contributed by atoms with E-state index < -0.39 is 0 Å². The van der Waals surface area contributed by atoms with Crippen LogP contribution in [-0.2, 0) is 6.54 Å². The fraction of sp³-hybridized carbons (Fsp3) is 0.333. The van der Waals surface area contributed by atoms with E-state index in [1.54, 1.807) is 6.20 Å². The molecule has 0 aromatic carbocycles. The van der Waals surface area contributed by atoms with Gasteiger partial charge in [0, 0.05) is 13.1 Å². The Bertz CT molecular complexity index is 471. The van der Waals surface area contributed by atoms with Gasteiger partial charge in [0.15, 0.2) is 5.78 Å². The number of aryl methyl sites for hydroxylation is 1. The second-order valence-electron chi connectivity index (χ2n) is 3.29. The fourth-order valence-electron chi connectivity index (χ4n) is 1.31. The van der Waals surface area contributed by atoms with E-state index >= 15 is 0 Å². The molecular weight excluding hydrogens is 194 g/mol. The van der Waals surface area contributed by atoms with Gasteiger partial charge in [-0.05, 0) is 6.92 Å². The van der Waals surface area contributed by atoms with Crippen LogP contribution in [0, 0.1) is 6.92 Å². The van der Waals surface area contributed by atoms with Gasteiger partial charge in [-0.2, -0.15) is 5.10 Å². The number of imidazole rings is 1. The van der Waals surface area contributed by atoms with Gasteiger partial charge in [-0.25, -0.2) is 9.97 Å². The van der Waals surface area contributed by atoms with E-state index in [2.05, 4.69) is 20.2 Å². The number of carbonyl (C=O) groups excluding carboxylic acids is 1. The lowest BCUT2D eigenvalue weighted by atomic mass is 10.3. The molecule has 0 aliphatic rings. The number of ketones is 1. The van der Waals surface area contributed by atoms with Crippen LogP contribution in [0.15, 0.2) is 12.5 Å². The highest BCUT2D eigenvalue weighted by Crippen LogP contribution is 2.04. The molecule has 0 spiro atoms. The highest BCUT2D eigenvalue weighted by atomic mass is 16.1. The van der Waals surface area contributed by atoms with E-state index in [-0.39, 0.29) is 5.78 Å². The summed E-state index contributed by atoms with van der Waals surface area (Å²) in [5, 5.41) is 6.51. The highest BCUT2D eigenvalue weighted by molar-refractivity contribution is 5.91. The van der Waals surface area contributed by atoms with Crippen LogP contribution in [0.3, 0.4) is 0 Å². The largest absolute Gasteiger partial charge is 0.327 e. The maximum Gasteiger partial charge on any atom is 0.179 e. The number of hydrogen-bond acceptors (Lipinski definition) is 4. The average Bonchev–Trinajstić information content (AvgIpc) is 2.77. The molecule has 0 saturated heterocycles. The minimum Gasteiger partial charge on any atom is -0.327 e. The van der Waals surface area contributed by atoms with E-state index in [0.29, 0.717) is 12.2 Å². The normalized spacial score (nSPS) is 10.5. The van der Waals surface area contributed by atoms with Crippen molar-refractivity contribution in [2.45, 2.75) is 20.4 Å². The zero-order valence-corrected chi connectivity index (χ0v) is 8.56. The second kappa shape index (κ2) is 3.64. The molecule has 6 nitrogen and oxygen atoms in total. The van der Waals surface area contributed by atoms with Crippen molar-refractivity contribution in [3.05, 3.63) is 29.9 Å². The van der Waals surface area contributed by atoms with Gasteiger partial charge in [0.25, 0.3) is 0 Å². The maximum atomic E-state index is 11.1. The van der Waals surface area contributed by atoms with Gasteiger partial charge in [0.2, 0.25) is 0 Å². The van der Waals surface area contributed by atoms with Gasteiger partial charge in [-0.15, -0.1) is 0 Å². The first kappa shape index (κ1) is 9.57. The zero-order valence-electron chi connectivity index (χ0n) is 8.56. The third-order valence-electron chi connectivity index (χ3n) is 2.12. The van der Waals surface area contributed by atoms with Crippen LogP contribution in [0.1, 0.15) is 29.1 Å². The summed E-state index contributed by atoms with van der Waals surface area (Å²) < 4.78 is 1.86. The first-order chi connectivity index (χ1) is 7.16. The molecule has 2 aromatic heterocycles. The van der Waals surface area contributed by atoms with Crippen LogP contribution >= 0.6 is 0 Å². The number of H-pyrrole nitrogens is 1. The summed E-state index contributed by atoms with van der Waals surface area (Å²) in [6.45, 7) is 3.90. The number of carbonyl (C=O) groups is 1. The number of nitrogens with zero attached hydrogens (tertiary/aromatic N) is 4. The monoisotopic (exact) mass is 205 g/mol. The topological polar surface area (TPSA) is 76.5 Å². The molecule has 1 N–H and O–H groups in total. The third kappa shape index (κ3) is 1.93. The molecule has 0 aliphatic carbocycles. The first-order valence-corrected chi connectivity index (χ1v) is 4.56. The van der Waals surface area contributed by atoms with Crippen LogP contribution in [0.4, 0.5) is 0 Å². The van der Waals surface area contributed by atoms with E-state index in [1.165, 1.54) is 13.3 Å². The van der Waals surface area contributed by atoms with Crippen LogP contribution in [-0.4, -0.2) is 30.5 Å². The van der Waals surface area contributed by atoms with E-state index in [0.717, 1.165) is 11.6 Å². The minimum atomic E-state index is -0.0329. The first-order valence-electron chi connectivity index (χ1n) is 4.56. The van der Waals surface area contributed by atoms with Crippen molar-refractivity contribution in [3.8, 4) is 0 Å². The second-order valence-corrected chi connectivity index (χ2v) is 3.29. The third-order valence-corrected chi connectivity index (χ3v) is 2.12. The van der Waals surface area contributed by atoms with Crippen molar-refractivity contribution in [1.82, 2.24) is 24.7 Å². The Morgan fingerprint density at radius 1 is 1.60 bits per heavy atom. The Balaban J connectivity index is 2.25. The summed E-state index contributed by atoms with van der Waals surface area (Å²) in [7, 11) is 0. The maximum absolute atomic E-state index is 11.1. The number of rotatable bonds is 3. The number of nitrogens with one attached hydrogen (secondary N) is 1. The average molecular weight is 205 g/mol. The molecule has 0 atom stereocenters. The van der Waals surface area contributed by atoms with E-state index in [4.69, 9.17) is 0 Å². The minimum absolute atomic E-state index is 0.0329. The summed E-state index contributed by atoms with van der Waals surface area (Å²) in [6, 6.07) is 0. The van der Waals surface area contributed by atoms with Crippen molar-refractivity contribution in [2.24, 2.45) is 0 Å². The summed E-state index contributed by atoms with van der Waals surface area (Å²) in [6.07, 6.45) is 3.17. The Morgan fingerprint density at radius 2 is 2.40 bits per heavy atom. The fourth-order valence-corrected chi connectivity index (χ4v) is 1.31. The Kier molecular flexibility index (Phi) is 2.32. The van der Waals surface area contributed by atoms with Crippen LogP contribution < -0.4 is 0 Å². The van der Waals surface area contributed by atoms with Crippen molar-refractivity contribution in [1.29, 1.82) is 0 Å².